The van der Waals surface area contributed by atoms with Crippen LogP contribution in [0.2, 0.25) is 5.15 Å². The largest absolute Gasteiger partial charge is 0.465 e. The number of carbonyl (C=O) groups is 1. The molecule has 2 aromatic carbocycles. The first-order chi connectivity index (χ1) is 14.1. The van der Waals surface area contributed by atoms with Crippen molar-refractivity contribution in [1.29, 1.82) is 0 Å². The molecule has 3 rings (SSSR count). The van der Waals surface area contributed by atoms with Crippen LogP contribution >= 0.6 is 11.6 Å². The minimum absolute atomic E-state index is 0.309. The summed E-state index contributed by atoms with van der Waals surface area (Å²) in [6.07, 6.45) is 2.93. The summed E-state index contributed by atoms with van der Waals surface area (Å²) in [7, 11) is 1.40. The van der Waals surface area contributed by atoms with Crippen molar-refractivity contribution in [2.75, 3.05) is 7.11 Å². The van der Waals surface area contributed by atoms with Gasteiger partial charge >= 0.3 is 5.97 Å². The summed E-state index contributed by atoms with van der Waals surface area (Å²) >= 11 is 6.32. The standard InChI is InChI=1S/C23H26ClN3O2/c1-3-4-10-21-26-22(24)20(14-25)27(21)15-16-11-12-18(17-8-6-5-7-9-17)19(13-16)23(28)29-2/h5-9,11-13H,3-4,10,14-15,25H2,1-2H3. The number of benzene rings is 2. The van der Waals surface area contributed by atoms with Crippen LogP contribution in [0.1, 0.15) is 47.2 Å². The fourth-order valence-corrected chi connectivity index (χ4v) is 3.71. The van der Waals surface area contributed by atoms with Crippen LogP contribution in [0.15, 0.2) is 48.5 Å². The molecule has 0 aliphatic heterocycles. The maximum atomic E-state index is 12.5. The van der Waals surface area contributed by atoms with E-state index in [9.17, 15) is 4.79 Å². The van der Waals surface area contributed by atoms with E-state index < -0.39 is 0 Å². The summed E-state index contributed by atoms with van der Waals surface area (Å²) in [6, 6.07) is 15.7. The zero-order chi connectivity index (χ0) is 20.8. The lowest BCUT2D eigenvalue weighted by molar-refractivity contribution is 0.0601. The van der Waals surface area contributed by atoms with Gasteiger partial charge in [-0.25, -0.2) is 9.78 Å². The summed E-state index contributed by atoms with van der Waals surface area (Å²) in [5.74, 6) is 0.559. The lowest BCUT2D eigenvalue weighted by Crippen LogP contribution is -2.13. The van der Waals surface area contributed by atoms with E-state index in [1.165, 1.54) is 7.11 Å². The van der Waals surface area contributed by atoms with Gasteiger partial charge in [0, 0.05) is 19.5 Å². The fraction of sp³-hybridized carbons (Fsp3) is 0.304. The molecule has 5 nitrogen and oxygen atoms in total. The number of aromatic nitrogens is 2. The van der Waals surface area contributed by atoms with E-state index in [0.717, 1.165) is 47.5 Å². The molecular formula is C23H26ClN3O2. The molecule has 0 saturated carbocycles. The number of hydrogen-bond acceptors (Lipinski definition) is 4. The smallest absolute Gasteiger partial charge is 0.338 e. The first-order valence-electron chi connectivity index (χ1n) is 9.79. The molecule has 2 N–H and O–H groups in total. The van der Waals surface area contributed by atoms with Crippen molar-refractivity contribution in [3.05, 3.63) is 76.3 Å². The van der Waals surface area contributed by atoms with Gasteiger partial charge in [-0.15, -0.1) is 0 Å². The number of nitrogens with two attached hydrogens (primary N) is 1. The van der Waals surface area contributed by atoms with Crippen molar-refractivity contribution in [3.63, 3.8) is 0 Å². The second kappa shape index (κ2) is 9.72. The molecule has 0 unspecified atom stereocenters. The molecule has 0 saturated heterocycles. The minimum Gasteiger partial charge on any atom is -0.465 e. The minimum atomic E-state index is -0.361. The summed E-state index contributed by atoms with van der Waals surface area (Å²) in [4.78, 5) is 17.0. The Labute approximate surface area is 176 Å². The number of nitrogens with zero attached hydrogens (tertiary/aromatic N) is 2. The number of methoxy groups -OCH3 is 1. The van der Waals surface area contributed by atoms with Crippen LogP contribution in [0.5, 0.6) is 0 Å². The summed E-state index contributed by atoms with van der Waals surface area (Å²) in [6.45, 7) is 3.00. The molecule has 0 fully saturated rings. The van der Waals surface area contributed by atoms with Gasteiger partial charge < -0.3 is 15.0 Å². The SMILES string of the molecule is CCCCc1nc(Cl)c(CN)n1Cc1ccc(-c2ccccc2)c(C(=O)OC)c1. The first kappa shape index (κ1) is 21.1. The van der Waals surface area contributed by atoms with Gasteiger partial charge in [0.1, 0.15) is 5.82 Å². The van der Waals surface area contributed by atoms with E-state index in [-0.39, 0.29) is 5.97 Å². The Kier molecular flexibility index (Phi) is 7.07. The van der Waals surface area contributed by atoms with Crippen molar-refractivity contribution >= 4 is 17.6 Å². The average molecular weight is 412 g/mol. The van der Waals surface area contributed by atoms with E-state index in [1.54, 1.807) is 0 Å². The highest BCUT2D eigenvalue weighted by Crippen LogP contribution is 2.27. The predicted molar refractivity (Wildman–Crippen MR) is 116 cm³/mol. The molecule has 29 heavy (non-hydrogen) atoms. The van der Waals surface area contributed by atoms with Crippen molar-refractivity contribution in [3.8, 4) is 11.1 Å². The number of unbranched alkanes of at least 4 members (excludes halogenated alkanes) is 1. The highest BCUT2D eigenvalue weighted by molar-refractivity contribution is 6.30. The van der Waals surface area contributed by atoms with E-state index in [0.29, 0.717) is 23.8 Å². The fourth-order valence-electron chi connectivity index (χ4n) is 3.43. The van der Waals surface area contributed by atoms with Crippen molar-refractivity contribution in [1.82, 2.24) is 9.55 Å². The molecule has 6 heteroatoms. The molecule has 0 aliphatic rings. The van der Waals surface area contributed by atoms with Gasteiger partial charge in [0.05, 0.1) is 18.4 Å². The third kappa shape index (κ3) is 4.69. The Bertz CT molecular complexity index is 983. The maximum Gasteiger partial charge on any atom is 0.338 e. The Morgan fingerprint density at radius 1 is 1.21 bits per heavy atom. The Morgan fingerprint density at radius 2 is 1.97 bits per heavy atom. The van der Waals surface area contributed by atoms with E-state index >= 15 is 0 Å². The molecule has 0 atom stereocenters. The number of hydrogen-bond donors (Lipinski definition) is 1. The van der Waals surface area contributed by atoms with Gasteiger partial charge in [0.25, 0.3) is 0 Å². The first-order valence-corrected chi connectivity index (χ1v) is 10.2. The zero-order valence-electron chi connectivity index (χ0n) is 16.8. The lowest BCUT2D eigenvalue weighted by atomic mass is 9.97. The number of rotatable bonds is 8. The van der Waals surface area contributed by atoms with E-state index in [4.69, 9.17) is 22.1 Å². The van der Waals surface area contributed by atoms with Crippen molar-refractivity contribution < 1.29 is 9.53 Å². The highest BCUT2D eigenvalue weighted by Gasteiger charge is 2.18. The monoisotopic (exact) mass is 411 g/mol. The highest BCUT2D eigenvalue weighted by atomic mass is 35.5. The molecule has 0 aliphatic carbocycles. The van der Waals surface area contributed by atoms with E-state index in [1.807, 2.05) is 48.5 Å². The summed E-state index contributed by atoms with van der Waals surface area (Å²) < 4.78 is 7.10. The van der Waals surface area contributed by atoms with Gasteiger partial charge in [-0.05, 0) is 29.2 Å². The molecule has 0 radical (unpaired) electrons. The second-order valence-corrected chi connectivity index (χ2v) is 7.25. The molecule has 0 spiro atoms. The molecule has 1 aromatic heterocycles. The third-order valence-corrected chi connectivity index (χ3v) is 5.27. The van der Waals surface area contributed by atoms with Gasteiger partial charge in [0.2, 0.25) is 0 Å². The van der Waals surface area contributed by atoms with Crippen LogP contribution in [0.3, 0.4) is 0 Å². The third-order valence-electron chi connectivity index (χ3n) is 4.96. The number of carbonyl (C=O) groups excluding carboxylic acids is 1. The molecule has 0 bridgehead atoms. The van der Waals surface area contributed by atoms with Gasteiger partial charge in [-0.3, -0.25) is 0 Å². The van der Waals surface area contributed by atoms with Gasteiger partial charge in [0.15, 0.2) is 5.15 Å². The molecule has 1 heterocycles. The number of imidazole rings is 1. The average Bonchev–Trinajstić information content (AvgIpc) is 3.06. The predicted octanol–water partition coefficient (Wildman–Crippen LogP) is 4.84. The Morgan fingerprint density at radius 3 is 2.62 bits per heavy atom. The number of halogens is 1. The summed E-state index contributed by atoms with van der Waals surface area (Å²) in [5.41, 5.74) is 10.0. The van der Waals surface area contributed by atoms with Gasteiger partial charge in [-0.2, -0.15) is 0 Å². The van der Waals surface area contributed by atoms with Gasteiger partial charge in [-0.1, -0.05) is 67.4 Å². The quantitative estimate of drug-likeness (QED) is 0.538. The van der Waals surface area contributed by atoms with Crippen LogP contribution < -0.4 is 5.73 Å². The van der Waals surface area contributed by atoms with Crippen LogP contribution in [0.4, 0.5) is 0 Å². The van der Waals surface area contributed by atoms with Crippen LogP contribution in [0.25, 0.3) is 11.1 Å². The maximum absolute atomic E-state index is 12.5. The Hall–Kier alpha value is -2.63. The molecule has 152 valence electrons. The van der Waals surface area contributed by atoms with Crippen LogP contribution in [-0.4, -0.2) is 22.6 Å². The number of aryl methyl sites for hydroxylation is 1. The second-order valence-electron chi connectivity index (χ2n) is 6.90. The molecule has 0 amide bonds. The molecule has 3 aromatic rings. The van der Waals surface area contributed by atoms with Crippen LogP contribution in [0, 0.1) is 0 Å². The number of esters is 1. The summed E-state index contributed by atoms with van der Waals surface area (Å²) in [5, 5.41) is 0.452. The Balaban J connectivity index is 2.02. The zero-order valence-corrected chi connectivity index (χ0v) is 17.6. The van der Waals surface area contributed by atoms with Crippen molar-refractivity contribution in [2.24, 2.45) is 5.73 Å². The van der Waals surface area contributed by atoms with Crippen LogP contribution in [-0.2, 0) is 24.2 Å². The normalized spacial score (nSPS) is 10.9. The topological polar surface area (TPSA) is 70.1 Å². The van der Waals surface area contributed by atoms with E-state index in [2.05, 4.69) is 16.5 Å². The lowest BCUT2D eigenvalue weighted by Gasteiger charge is -2.14. The number of ether oxygens (including phenoxy) is 1. The van der Waals surface area contributed by atoms with Crippen molar-refractivity contribution in [2.45, 2.75) is 39.3 Å². The molecular weight excluding hydrogens is 386 g/mol.